The first-order chi connectivity index (χ1) is 8.94. The van der Waals surface area contributed by atoms with Crippen LogP contribution in [0.5, 0.6) is 0 Å². The number of sulfonamides is 1. The second-order valence-electron chi connectivity index (χ2n) is 4.95. The molecule has 1 aliphatic rings. The number of hydrogen-bond acceptors (Lipinski definition) is 4. The average Bonchev–Trinajstić information content (AvgIpc) is 2.81. The van der Waals surface area contributed by atoms with Crippen LogP contribution >= 0.6 is 11.3 Å². The Balaban J connectivity index is 2.23. The molecular formula is C12H17NO4S2. The van der Waals surface area contributed by atoms with Gasteiger partial charge in [0.15, 0.2) is 0 Å². The Hall–Kier alpha value is -0.920. The lowest BCUT2D eigenvalue weighted by molar-refractivity contribution is -0.138. The van der Waals surface area contributed by atoms with Gasteiger partial charge in [-0.1, -0.05) is 25.3 Å². The maximum atomic E-state index is 12.3. The summed E-state index contributed by atoms with van der Waals surface area (Å²) in [6.07, 6.45) is 3.77. The molecule has 1 aliphatic carbocycles. The molecule has 1 heterocycles. The normalized spacial score (nSPS) is 19.2. The van der Waals surface area contributed by atoms with Gasteiger partial charge in [-0.3, -0.25) is 4.79 Å². The largest absolute Gasteiger partial charge is 0.481 e. The molecule has 0 saturated heterocycles. The number of thiophene rings is 1. The lowest BCUT2D eigenvalue weighted by Gasteiger charge is -2.36. The van der Waals surface area contributed by atoms with Gasteiger partial charge in [0.2, 0.25) is 0 Å². The Morgan fingerprint density at radius 3 is 2.58 bits per heavy atom. The van der Waals surface area contributed by atoms with Crippen molar-refractivity contribution >= 4 is 27.3 Å². The van der Waals surface area contributed by atoms with Gasteiger partial charge in [-0.25, -0.2) is 13.1 Å². The first-order valence-corrected chi connectivity index (χ1v) is 8.59. The molecule has 0 spiro atoms. The number of hydrogen-bond donors (Lipinski definition) is 2. The van der Waals surface area contributed by atoms with Crippen molar-refractivity contribution in [1.29, 1.82) is 0 Å². The van der Waals surface area contributed by atoms with Crippen LogP contribution in [0.15, 0.2) is 21.7 Å². The van der Waals surface area contributed by atoms with Gasteiger partial charge < -0.3 is 5.11 Å². The van der Waals surface area contributed by atoms with E-state index in [0.717, 1.165) is 30.6 Å². The Kier molecular flexibility index (Phi) is 4.27. The molecule has 0 aliphatic heterocycles. The SMILES string of the molecule is O=C(O)CC1(NS(=O)(=O)c2cccs2)CCCCC1. The maximum Gasteiger partial charge on any atom is 0.305 e. The third kappa shape index (κ3) is 3.55. The van der Waals surface area contributed by atoms with E-state index in [1.165, 1.54) is 6.07 Å². The number of carboxylic acids is 1. The van der Waals surface area contributed by atoms with Crippen LogP contribution in [0.4, 0.5) is 0 Å². The van der Waals surface area contributed by atoms with E-state index in [4.69, 9.17) is 5.11 Å². The fraction of sp³-hybridized carbons (Fsp3) is 0.583. The van der Waals surface area contributed by atoms with Gasteiger partial charge >= 0.3 is 5.97 Å². The number of rotatable bonds is 5. The molecule has 0 radical (unpaired) electrons. The van der Waals surface area contributed by atoms with Gasteiger partial charge in [-0.2, -0.15) is 0 Å². The third-order valence-corrected chi connectivity index (χ3v) is 6.39. The molecular weight excluding hydrogens is 286 g/mol. The summed E-state index contributed by atoms with van der Waals surface area (Å²) in [7, 11) is -3.62. The van der Waals surface area contributed by atoms with Crippen molar-refractivity contribution < 1.29 is 18.3 Å². The van der Waals surface area contributed by atoms with Gasteiger partial charge in [0.25, 0.3) is 10.0 Å². The summed E-state index contributed by atoms with van der Waals surface area (Å²) in [6, 6.07) is 3.20. The summed E-state index contributed by atoms with van der Waals surface area (Å²) in [5.41, 5.74) is -0.826. The summed E-state index contributed by atoms with van der Waals surface area (Å²) in [4.78, 5) is 11.0. The van der Waals surface area contributed by atoms with E-state index in [1.807, 2.05) is 0 Å². The Morgan fingerprint density at radius 2 is 2.05 bits per heavy atom. The summed E-state index contributed by atoms with van der Waals surface area (Å²) in [5.74, 6) is -0.962. The fourth-order valence-electron chi connectivity index (χ4n) is 2.58. The first kappa shape index (κ1) is 14.5. The summed E-state index contributed by atoms with van der Waals surface area (Å²) in [6.45, 7) is 0. The minimum absolute atomic E-state index is 0.155. The molecule has 0 amide bonds. The zero-order valence-electron chi connectivity index (χ0n) is 10.5. The number of carbonyl (C=O) groups is 1. The second-order valence-corrected chi connectivity index (χ2v) is 7.81. The standard InChI is InChI=1S/C12H17NO4S2/c14-10(15)9-12(6-2-1-3-7-12)13-19(16,17)11-5-4-8-18-11/h4-5,8,13H,1-3,6-7,9H2,(H,14,15). The topological polar surface area (TPSA) is 83.5 Å². The monoisotopic (exact) mass is 303 g/mol. The van der Waals surface area contributed by atoms with Crippen LogP contribution in [0, 0.1) is 0 Å². The molecule has 5 nitrogen and oxygen atoms in total. The van der Waals surface area contributed by atoms with Crippen LogP contribution in [-0.2, 0) is 14.8 Å². The van der Waals surface area contributed by atoms with E-state index < -0.39 is 21.5 Å². The Bertz CT molecular complexity index is 530. The van der Waals surface area contributed by atoms with Crippen molar-refractivity contribution in [2.45, 2.75) is 48.3 Å². The van der Waals surface area contributed by atoms with Crippen molar-refractivity contribution in [2.75, 3.05) is 0 Å². The summed E-state index contributed by atoms with van der Waals surface area (Å²) < 4.78 is 27.4. The fourth-order valence-corrected chi connectivity index (χ4v) is 5.04. The Morgan fingerprint density at radius 1 is 1.37 bits per heavy atom. The second kappa shape index (κ2) is 5.60. The predicted octanol–water partition coefficient (Wildman–Crippen LogP) is 2.20. The van der Waals surface area contributed by atoms with Crippen LogP contribution in [0.3, 0.4) is 0 Å². The lowest BCUT2D eigenvalue weighted by Crippen LogP contribution is -2.50. The van der Waals surface area contributed by atoms with Gasteiger partial charge in [0.05, 0.1) is 6.42 Å². The molecule has 1 fully saturated rings. The third-order valence-electron chi connectivity index (χ3n) is 3.41. The highest BCUT2D eigenvalue weighted by Gasteiger charge is 2.38. The zero-order valence-corrected chi connectivity index (χ0v) is 12.1. The minimum atomic E-state index is -3.62. The van der Waals surface area contributed by atoms with Crippen molar-refractivity contribution in [3.05, 3.63) is 17.5 Å². The first-order valence-electron chi connectivity index (χ1n) is 6.23. The molecule has 0 aromatic carbocycles. The maximum absolute atomic E-state index is 12.3. The Labute approximate surface area is 116 Å². The molecule has 1 aromatic rings. The van der Waals surface area contributed by atoms with E-state index in [0.29, 0.717) is 12.8 Å². The highest BCUT2D eigenvalue weighted by atomic mass is 32.2. The zero-order chi connectivity index (χ0) is 13.9. The van der Waals surface area contributed by atoms with Crippen LogP contribution in [0.2, 0.25) is 0 Å². The molecule has 0 bridgehead atoms. The van der Waals surface area contributed by atoms with E-state index in [2.05, 4.69) is 4.72 Å². The van der Waals surface area contributed by atoms with Crippen LogP contribution < -0.4 is 4.72 Å². The molecule has 2 N–H and O–H groups in total. The van der Waals surface area contributed by atoms with Crippen LogP contribution in [0.1, 0.15) is 38.5 Å². The molecule has 0 unspecified atom stereocenters. The molecule has 1 aromatic heterocycles. The van der Waals surface area contributed by atoms with E-state index >= 15 is 0 Å². The van der Waals surface area contributed by atoms with Crippen molar-refractivity contribution in [1.82, 2.24) is 4.72 Å². The van der Waals surface area contributed by atoms with Crippen molar-refractivity contribution in [3.8, 4) is 0 Å². The smallest absolute Gasteiger partial charge is 0.305 e. The number of carboxylic acid groups (broad SMARTS) is 1. The molecule has 19 heavy (non-hydrogen) atoms. The highest BCUT2D eigenvalue weighted by molar-refractivity contribution is 7.91. The molecule has 7 heteroatoms. The highest BCUT2D eigenvalue weighted by Crippen LogP contribution is 2.33. The van der Waals surface area contributed by atoms with E-state index in [9.17, 15) is 13.2 Å². The quantitative estimate of drug-likeness (QED) is 0.873. The minimum Gasteiger partial charge on any atom is -0.481 e. The number of aliphatic carboxylic acids is 1. The van der Waals surface area contributed by atoms with E-state index in [-0.39, 0.29) is 10.6 Å². The summed E-state index contributed by atoms with van der Waals surface area (Å²) >= 11 is 1.14. The van der Waals surface area contributed by atoms with Crippen molar-refractivity contribution in [2.24, 2.45) is 0 Å². The van der Waals surface area contributed by atoms with Crippen LogP contribution in [-0.4, -0.2) is 25.0 Å². The molecule has 0 atom stereocenters. The van der Waals surface area contributed by atoms with E-state index in [1.54, 1.807) is 11.4 Å². The van der Waals surface area contributed by atoms with Gasteiger partial charge in [-0.05, 0) is 24.3 Å². The van der Waals surface area contributed by atoms with Crippen molar-refractivity contribution in [3.63, 3.8) is 0 Å². The summed E-state index contributed by atoms with van der Waals surface area (Å²) in [5, 5.41) is 10.7. The lowest BCUT2D eigenvalue weighted by atomic mass is 9.80. The number of nitrogens with one attached hydrogen (secondary N) is 1. The average molecular weight is 303 g/mol. The van der Waals surface area contributed by atoms with Gasteiger partial charge in [0, 0.05) is 5.54 Å². The molecule has 106 valence electrons. The predicted molar refractivity (Wildman–Crippen MR) is 72.7 cm³/mol. The van der Waals surface area contributed by atoms with Gasteiger partial charge in [-0.15, -0.1) is 11.3 Å². The molecule has 2 rings (SSSR count). The van der Waals surface area contributed by atoms with Gasteiger partial charge in [0.1, 0.15) is 4.21 Å². The van der Waals surface area contributed by atoms with Crippen LogP contribution in [0.25, 0.3) is 0 Å². The molecule has 1 saturated carbocycles.